The van der Waals surface area contributed by atoms with E-state index in [2.05, 4.69) is 0 Å². The highest BCUT2D eigenvalue weighted by atomic mass is 16.5. The van der Waals surface area contributed by atoms with Crippen LogP contribution in [-0.4, -0.2) is 51.3 Å². The van der Waals surface area contributed by atoms with E-state index in [-0.39, 0.29) is 24.9 Å². The van der Waals surface area contributed by atoms with Crippen LogP contribution < -0.4 is 4.74 Å². The van der Waals surface area contributed by atoms with Crippen molar-refractivity contribution in [2.24, 2.45) is 11.8 Å². The van der Waals surface area contributed by atoms with Gasteiger partial charge in [-0.25, -0.2) is 0 Å². The Kier molecular flexibility index (Phi) is 8.94. The average Bonchev–Trinajstić information content (AvgIpc) is 2.94. The zero-order chi connectivity index (χ0) is 20.4. The molecular weight excluding hydrogens is 360 g/mol. The van der Waals surface area contributed by atoms with E-state index in [0.717, 1.165) is 0 Å². The quantitative estimate of drug-likeness (QED) is 0.362. The van der Waals surface area contributed by atoms with Gasteiger partial charge in [-0.3, -0.25) is 4.79 Å². The number of aliphatic hydroxyl groups excluding tert-OH is 3. The predicted molar refractivity (Wildman–Crippen MR) is 106 cm³/mol. The molecule has 2 rings (SSSR count). The van der Waals surface area contributed by atoms with Gasteiger partial charge in [0.1, 0.15) is 18.5 Å². The minimum Gasteiger partial charge on any atom is -0.491 e. The topological polar surface area (TPSA) is 107 Å². The van der Waals surface area contributed by atoms with Crippen molar-refractivity contribution in [2.75, 3.05) is 6.61 Å². The summed E-state index contributed by atoms with van der Waals surface area (Å²) in [4.78, 5) is 10.4. The van der Waals surface area contributed by atoms with Crippen LogP contribution in [0.1, 0.15) is 19.3 Å². The van der Waals surface area contributed by atoms with Gasteiger partial charge in [0.15, 0.2) is 0 Å². The fourth-order valence-electron chi connectivity index (χ4n) is 3.28. The Bertz CT molecular complexity index is 682. The Morgan fingerprint density at radius 3 is 2.57 bits per heavy atom. The number of rotatable bonds is 10. The number of carboxylic acids is 1. The molecule has 4 N–H and O–H groups in total. The molecule has 28 heavy (non-hydrogen) atoms. The molecule has 0 bridgehead atoms. The molecule has 0 radical (unpaired) electrons. The Morgan fingerprint density at radius 2 is 1.86 bits per heavy atom. The molecule has 0 saturated heterocycles. The molecular formula is C22H28O6. The van der Waals surface area contributed by atoms with Crippen LogP contribution in [-0.2, 0) is 4.79 Å². The van der Waals surface area contributed by atoms with E-state index in [1.807, 2.05) is 24.3 Å². The molecule has 0 amide bonds. The van der Waals surface area contributed by atoms with Crippen LogP contribution in [0.4, 0.5) is 0 Å². The van der Waals surface area contributed by atoms with Gasteiger partial charge in [0.2, 0.25) is 0 Å². The smallest absolute Gasteiger partial charge is 0.307 e. The van der Waals surface area contributed by atoms with Crippen LogP contribution in [0.2, 0.25) is 0 Å². The summed E-state index contributed by atoms with van der Waals surface area (Å²) in [5.41, 5.74) is 0. The summed E-state index contributed by atoms with van der Waals surface area (Å²) in [6, 6.07) is 9.19. The van der Waals surface area contributed by atoms with Gasteiger partial charge in [0, 0.05) is 12.3 Å². The zero-order valence-electron chi connectivity index (χ0n) is 15.7. The van der Waals surface area contributed by atoms with Gasteiger partial charge in [0.25, 0.3) is 0 Å². The second-order valence-electron chi connectivity index (χ2n) is 6.88. The van der Waals surface area contributed by atoms with E-state index >= 15 is 0 Å². The lowest BCUT2D eigenvalue weighted by Crippen LogP contribution is -2.21. The van der Waals surface area contributed by atoms with Crippen molar-refractivity contribution in [3.63, 3.8) is 0 Å². The number of para-hydroxylation sites is 1. The van der Waals surface area contributed by atoms with Crippen molar-refractivity contribution in [1.29, 1.82) is 0 Å². The normalized spacial score (nSPS) is 26.4. The van der Waals surface area contributed by atoms with Crippen molar-refractivity contribution in [2.45, 2.75) is 37.6 Å². The number of hydrogen-bond acceptors (Lipinski definition) is 5. The van der Waals surface area contributed by atoms with E-state index in [1.165, 1.54) is 0 Å². The van der Waals surface area contributed by atoms with Crippen LogP contribution >= 0.6 is 0 Å². The molecule has 1 aliphatic rings. The molecule has 152 valence electrons. The first-order valence-electron chi connectivity index (χ1n) is 9.41. The molecule has 1 aromatic rings. The third-order valence-electron chi connectivity index (χ3n) is 4.72. The highest BCUT2D eigenvalue weighted by molar-refractivity contribution is 5.68. The van der Waals surface area contributed by atoms with E-state index in [0.29, 0.717) is 18.6 Å². The summed E-state index contributed by atoms with van der Waals surface area (Å²) >= 11 is 0. The first-order valence-corrected chi connectivity index (χ1v) is 9.41. The third kappa shape index (κ3) is 7.31. The summed E-state index contributed by atoms with van der Waals surface area (Å²) in [5, 5.41) is 39.1. The monoisotopic (exact) mass is 388 g/mol. The lowest BCUT2D eigenvalue weighted by atomic mass is 9.90. The standard InChI is InChI=1S/C22H28O6/c23-16(15-28-17-8-4-3-5-9-17)12-13-19-18(20(24)14-21(19)25)10-6-1-2-7-11-22(26)27/h1-9,12-13,16,18-21,23-25H,10-11,14-15H2,(H,26,27)/b6-1+,7-2+,13-12+/t16-,18-,19-,20+,21-/m1/s1. The molecule has 0 spiro atoms. The number of carbonyl (C=O) groups is 1. The Balaban J connectivity index is 1.86. The number of carboxylic acid groups (broad SMARTS) is 1. The van der Waals surface area contributed by atoms with Crippen molar-refractivity contribution >= 4 is 5.97 Å². The highest BCUT2D eigenvalue weighted by Gasteiger charge is 2.39. The van der Waals surface area contributed by atoms with Crippen LogP contribution in [0.25, 0.3) is 0 Å². The average molecular weight is 388 g/mol. The van der Waals surface area contributed by atoms with Gasteiger partial charge in [0.05, 0.1) is 18.6 Å². The number of aliphatic carboxylic acids is 1. The van der Waals surface area contributed by atoms with Gasteiger partial charge < -0.3 is 25.2 Å². The molecule has 0 heterocycles. The number of allylic oxidation sites excluding steroid dienone is 3. The molecule has 0 aromatic heterocycles. The number of hydrogen-bond donors (Lipinski definition) is 4. The highest BCUT2D eigenvalue weighted by Crippen LogP contribution is 2.36. The van der Waals surface area contributed by atoms with Gasteiger partial charge in [-0.2, -0.15) is 0 Å². The summed E-state index contributed by atoms with van der Waals surface area (Å²) in [6.07, 6.45) is 8.80. The minimum atomic E-state index is -0.890. The van der Waals surface area contributed by atoms with Gasteiger partial charge >= 0.3 is 5.97 Å². The Labute approximate surface area is 165 Å². The van der Waals surface area contributed by atoms with Crippen LogP contribution in [0.15, 0.2) is 66.8 Å². The van der Waals surface area contributed by atoms with Crippen LogP contribution in [0.5, 0.6) is 5.75 Å². The third-order valence-corrected chi connectivity index (χ3v) is 4.72. The molecule has 1 saturated carbocycles. The molecule has 0 unspecified atom stereocenters. The van der Waals surface area contributed by atoms with E-state index < -0.39 is 24.3 Å². The summed E-state index contributed by atoms with van der Waals surface area (Å²) < 4.78 is 5.50. The van der Waals surface area contributed by atoms with Gasteiger partial charge in [-0.05, 0) is 24.5 Å². The maximum Gasteiger partial charge on any atom is 0.307 e. The van der Waals surface area contributed by atoms with Crippen molar-refractivity contribution < 1.29 is 30.0 Å². The predicted octanol–water partition coefficient (Wildman–Crippen LogP) is 2.32. The fraction of sp³-hybridized carbons (Fsp3) is 0.409. The minimum absolute atomic E-state index is 0.0383. The second kappa shape index (κ2) is 11.4. The number of aliphatic hydroxyl groups is 3. The largest absolute Gasteiger partial charge is 0.491 e. The van der Waals surface area contributed by atoms with E-state index in [9.17, 15) is 20.1 Å². The molecule has 1 aromatic carbocycles. The van der Waals surface area contributed by atoms with Crippen molar-refractivity contribution in [1.82, 2.24) is 0 Å². The van der Waals surface area contributed by atoms with Crippen molar-refractivity contribution in [3.8, 4) is 5.75 Å². The fourth-order valence-corrected chi connectivity index (χ4v) is 3.28. The summed E-state index contributed by atoms with van der Waals surface area (Å²) in [5.74, 6) is -0.657. The van der Waals surface area contributed by atoms with Gasteiger partial charge in [-0.15, -0.1) is 0 Å². The SMILES string of the molecule is O=C(O)C/C=C/C=C/C[C@@H]1[C@@H](/C=C/[C@@H](O)COc2ccccc2)[C@H](O)C[C@@H]1O. The molecule has 0 aliphatic heterocycles. The summed E-state index contributed by atoms with van der Waals surface area (Å²) in [7, 11) is 0. The van der Waals surface area contributed by atoms with E-state index in [4.69, 9.17) is 9.84 Å². The van der Waals surface area contributed by atoms with Crippen LogP contribution in [0.3, 0.4) is 0 Å². The van der Waals surface area contributed by atoms with E-state index in [1.54, 1.807) is 42.5 Å². The maximum atomic E-state index is 10.4. The lowest BCUT2D eigenvalue weighted by Gasteiger charge is -2.19. The Morgan fingerprint density at radius 1 is 1.14 bits per heavy atom. The molecule has 1 fully saturated rings. The van der Waals surface area contributed by atoms with Crippen LogP contribution in [0, 0.1) is 11.8 Å². The maximum absolute atomic E-state index is 10.4. The van der Waals surface area contributed by atoms with Gasteiger partial charge in [-0.1, -0.05) is 54.7 Å². The first kappa shape index (κ1) is 21.9. The number of benzene rings is 1. The molecule has 6 heteroatoms. The Hall–Kier alpha value is -2.41. The first-order chi connectivity index (χ1) is 13.5. The molecule has 1 aliphatic carbocycles. The lowest BCUT2D eigenvalue weighted by molar-refractivity contribution is -0.136. The number of ether oxygens (including phenoxy) is 1. The summed E-state index contributed by atoms with van der Waals surface area (Å²) in [6.45, 7) is 0.102. The zero-order valence-corrected chi connectivity index (χ0v) is 15.7. The molecule has 5 atom stereocenters. The van der Waals surface area contributed by atoms with Crippen molar-refractivity contribution in [3.05, 3.63) is 66.8 Å². The second-order valence-corrected chi connectivity index (χ2v) is 6.88. The molecule has 6 nitrogen and oxygen atoms in total.